The zero-order valence-corrected chi connectivity index (χ0v) is 15.5. The van der Waals surface area contributed by atoms with Gasteiger partial charge in [0.1, 0.15) is 11.4 Å². The Bertz CT molecular complexity index is 568. The number of hydrogen-bond acceptors (Lipinski definition) is 3. The number of rotatable bonds is 4. The van der Waals surface area contributed by atoms with Crippen molar-refractivity contribution in [3.63, 3.8) is 0 Å². The fourth-order valence-electron chi connectivity index (χ4n) is 2.58. The van der Waals surface area contributed by atoms with Gasteiger partial charge in [-0.05, 0) is 74.2 Å². The smallest absolute Gasteiger partial charge is 0.407 e. The third kappa shape index (κ3) is 5.46. The first-order valence-electron chi connectivity index (χ1n) is 7.84. The Labute approximate surface area is 145 Å². The number of alkyl carbamates (subject to hydrolysis) is 1. The zero-order valence-electron chi connectivity index (χ0n) is 14.0. The number of carbonyl (C=O) groups excluding carboxylic acids is 1. The first-order valence-corrected chi connectivity index (χ1v) is 8.64. The molecule has 1 unspecified atom stereocenters. The molecule has 1 aromatic carbocycles. The van der Waals surface area contributed by atoms with E-state index in [9.17, 15) is 9.18 Å². The summed E-state index contributed by atoms with van der Waals surface area (Å²) in [5, 5.41) is 6.37. The third-order valence-corrected chi connectivity index (χ3v) is 4.40. The molecule has 1 amide bonds. The van der Waals surface area contributed by atoms with Crippen molar-refractivity contribution in [2.24, 2.45) is 0 Å². The first kappa shape index (κ1) is 18.2. The van der Waals surface area contributed by atoms with Crippen molar-refractivity contribution >= 4 is 22.0 Å². The van der Waals surface area contributed by atoms with Gasteiger partial charge in [0.2, 0.25) is 0 Å². The minimum atomic E-state index is -0.476. The molecule has 0 spiro atoms. The van der Waals surface area contributed by atoms with Crippen molar-refractivity contribution in [2.45, 2.75) is 64.3 Å². The molecular weight excluding hydrogens is 363 g/mol. The van der Waals surface area contributed by atoms with E-state index >= 15 is 0 Å². The lowest BCUT2D eigenvalue weighted by atomic mass is 9.86. The van der Waals surface area contributed by atoms with E-state index in [1.54, 1.807) is 12.1 Å². The molecule has 0 heterocycles. The molecule has 1 aliphatic rings. The number of halogens is 2. The van der Waals surface area contributed by atoms with E-state index in [1.165, 1.54) is 6.07 Å². The fourth-order valence-corrected chi connectivity index (χ4v) is 2.97. The highest BCUT2D eigenvalue weighted by atomic mass is 79.9. The van der Waals surface area contributed by atoms with Crippen LogP contribution in [0.2, 0.25) is 0 Å². The topological polar surface area (TPSA) is 50.4 Å². The van der Waals surface area contributed by atoms with E-state index in [0.29, 0.717) is 10.5 Å². The molecule has 128 valence electrons. The van der Waals surface area contributed by atoms with Gasteiger partial charge >= 0.3 is 6.09 Å². The van der Waals surface area contributed by atoms with E-state index in [4.69, 9.17) is 4.74 Å². The quantitative estimate of drug-likeness (QED) is 0.810. The number of nitrogens with one attached hydrogen (secondary N) is 2. The van der Waals surface area contributed by atoms with Crippen LogP contribution in [0.15, 0.2) is 22.7 Å². The molecule has 1 aromatic rings. The lowest BCUT2D eigenvalue weighted by Gasteiger charge is -2.38. The standard InChI is InChI=1S/C17H24BrFN2O2/c1-10(11-5-6-15(19)14(18)7-11)20-12-8-13(9-12)21-16(22)23-17(2,3)4/h5-7,10,12-13,20H,8-9H2,1-4H3,(H,21,22). The third-order valence-electron chi connectivity index (χ3n) is 3.79. The van der Waals surface area contributed by atoms with Crippen LogP contribution < -0.4 is 10.6 Å². The SMILES string of the molecule is CC(NC1CC(NC(=O)OC(C)(C)C)C1)c1ccc(F)c(Br)c1. The summed E-state index contributed by atoms with van der Waals surface area (Å²) in [7, 11) is 0. The van der Waals surface area contributed by atoms with Gasteiger partial charge in [-0.3, -0.25) is 0 Å². The molecule has 1 atom stereocenters. The van der Waals surface area contributed by atoms with Crippen molar-refractivity contribution < 1.29 is 13.9 Å². The Morgan fingerprint density at radius 1 is 1.35 bits per heavy atom. The van der Waals surface area contributed by atoms with Gasteiger partial charge in [0.25, 0.3) is 0 Å². The van der Waals surface area contributed by atoms with E-state index in [1.807, 2.05) is 27.7 Å². The van der Waals surface area contributed by atoms with Crippen molar-refractivity contribution in [2.75, 3.05) is 0 Å². The fraction of sp³-hybridized carbons (Fsp3) is 0.588. The number of ether oxygens (including phenoxy) is 1. The Morgan fingerprint density at radius 3 is 2.57 bits per heavy atom. The maximum atomic E-state index is 13.3. The van der Waals surface area contributed by atoms with Crippen LogP contribution in [0.3, 0.4) is 0 Å². The molecule has 0 radical (unpaired) electrons. The van der Waals surface area contributed by atoms with Crippen molar-refractivity contribution in [3.05, 3.63) is 34.1 Å². The van der Waals surface area contributed by atoms with Gasteiger partial charge in [0.05, 0.1) is 4.47 Å². The van der Waals surface area contributed by atoms with Gasteiger partial charge in [0.15, 0.2) is 0 Å². The highest BCUT2D eigenvalue weighted by Crippen LogP contribution is 2.26. The molecule has 0 saturated heterocycles. The van der Waals surface area contributed by atoms with Crippen LogP contribution >= 0.6 is 15.9 Å². The molecular formula is C17H24BrFN2O2. The molecule has 2 N–H and O–H groups in total. The molecule has 1 saturated carbocycles. The van der Waals surface area contributed by atoms with Gasteiger partial charge < -0.3 is 15.4 Å². The van der Waals surface area contributed by atoms with E-state index in [0.717, 1.165) is 18.4 Å². The zero-order chi connectivity index (χ0) is 17.2. The summed E-state index contributed by atoms with van der Waals surface area (Å²) in [6.45, 7) is 7.59. The summed E-state index contributed by atoms with van der Waals surface area (Å²) in [5.41, 5.74) is 0.553. The minimum Gasteiger partial charge on any atom is -0.444 e. The van der Waals surface area contributed by atoms with Crippen LogP contribution in [-0.4, -0.2) is 23.8 Å². The van der Waals surface area contributed by atoms with E-state index < -0.39 is 5.60 Å². The van der Waals surface area contributed by atoms with Gasteiger partial charge in [0, 0.05) is 18.1 Å². The molecule has 6 heteroatoms. The number of amides is 1. The van der Waals surface area contributed by atoms with Crippen molar-refractivity contribution in [3.8, 4) is 0 Å². The van der Waals surface area contributed by atoms with Crippen LogP contribution in [-0.2, 0) is 4.74 Å². The average Bonchev–Trinajstić information content (AvgIpc) is 2.37. The van der Waals surface area contributed by atoms with Gasteiger partial charge in [-0.25, -0.2) is 9.18 Å². The molecule has 1 fully saturated rings. The van der Waals surface area contributed by atoms with Crippen molar-refractivity contribution in [1.29, 1.82) is 0 Å². The largest absolute Gasteiger partial charge is 0.444 e. The molecule has 0 aromatic heterocycles. The second-order valence-electron chi connectivity index (χ2n) is 7.07. The number of benzene rings is 1. The van der Waals surface area contributed by atoms with Gasteiger partial charge in [-0.1, -0.05) is 6.07 Å². The van der Waals surface area contributed by atoms with Crippen LogP contribution in [0.25, 0.3) is 0 Å². The maximum absolute atomic E-state index is 13.3. The molecule has 0 bridgehead atoms. The molecule has 23 heavy (non-hydrogen) atoms. The second-order valence-corrected chi connectivity index (χ2v) is 7.93. The van der Waals surface area contributed by atoms with Crippen LogP contribution in [0, 0.1) is 5.82 Å². The first-order chi connectivity index (χ1) is 10.6. The predicted octanol–water partition coefficient (Wildman–Crippen LogP) is 4.29. The Morgan fingerprint density at radius 2 is 2.00 bits per heavy atom. The Kier molecular flexibility index (Phi) is 5.68. The molecule has 4 nitrogen and oxygen atoms in total. The van der Waals surface area contributed by atoms with Gasteiger partial charge in [-0.15, -0.1) is 0 Å². The number of hydrogen-bond donors (Lipinski definition) is 2. The summed E-state index contributed by atoms with van der Waals surface area (Å²) < 4.78 is 19.0. The van der Waals surface area contributed by atoms with Crippen LogP contribution in [0.1, 0.15) is 52.1 Å². The predicted molar refractivity (Wildman–Crippen MR) is 91.8 cm³/mol. The highest BCUT2D eigenvalue weighted by Gasteiger charge is 2.32. The van der Waals surface area contributed by atoms with Crippen molar-refractivity contribution in [1.82, 2.24) is 10.6 Å². The van der Waals surface area contributed by atoms with Gasteiger partial charge in [-0.2, -0.15) is 0 Å². The summed E-state index contributed by atoms with van der Waals surface area (Å²) in [5.74, 6) is -0.258. The lowest BCUT2D eigenvalue weighted by Crippen LogP contribution is -2.53. The monoisotopic (exact) mass is 386 g/mol. The summed E-state index contributed by atoms with van der Waals surface area (Å²) in [6.07, 6.45) is 1.37. The normalized spacial score (nSPS) is 22.2. The Balaban J connectivity index is 1.75. The van der Waals surface area contributed by atoms with Crippen LogP contribution in [0.5, 0.6) is 0 Å². The summed E-state index contributed by atoms with van der Waals surface area (Å²) in [6, 6.07) is 5.66. The Hall–Kier alpha value is -1.14. The molecule has 0 aliphatic heterocycles. The molecule has 2 rings (SSSR count). The minimum absolute atomic E-state index is 0.124. The maximum Gasteiger partial charge on any atom is 0.407 e. The van der Waals surface area contributed by atoms with Crippen LogP contribution in [0.4, 0.5) is 9.18 Å². The summed E-state index contributed by atoms with van der Waals surface area (Å²) in [4.78, 5) is 11.7. The molecule has 1 aliphatic carbocycles. The highest BCUT2D eigenvalue weighted by molar-refractivity contribution is 9.10. The summed E-state index contributed by atoms with van der Waals surface area (Å²) >= 11 is 3.21. The van der Waals surface area contributed by atoms with E-state index in [-0.39, 0.29) is 24.0 Å². The lowest BCUT2D eigenvalue weighted by molar-refractivity contribution is 0.0463. The second kappa shape index (κ2) is 7.18. The van der Waals surface area contributed by atoms with E-state index in [2.05, 4.69) is 26.6 Å². The number of carbonyl (C=O) groups is 1. The average molecular weight is 387 g/mol.